The molecule has 0 fully saturated rings. The summed E-state index contributed by atoms with van der Waals surface area (Å²) in [4.78, 5) is 10.2. The molecule has 0 saturated heterocycles. The van der Waals surface area contributed by atoms with Crippen molar-refractivity contribution in [1.82, 2.24) is 0 Å². The zero-order valence-corrected chi connectivity index (χ0v) is 12.3. The number of nitro benzene ring substituents is 1. The third-order valence-electron chi connectivity index (χ3n) is 2.44. The van der Waals surface area contributed by atoms with Crippen LogP contribution in [0.2, 0.25) is 5.02 Å². The van der Waals surface area contributed by atoms with Gasteiger partial charge in [-0.05, 0) is 19.9 Å². The van der Waals surface area contributed by atoms with Gasteiger partial charge in [0, 0.05) is 25.7 Å². The molecule has 0 radical (unpaired) electrons. The Labute approximate surface area is 122 Å². The average Bonchev–Trinajstić information content (AvgIpc) is 2.41. The lowest BCUT2D eigenvalue weighted by molar-refractivity contribution is -0.384. The monoisotopic (exact) mass is 303 g/mol. The second kappa shape index (κ2) is 8.73. The van der Waals surface area contributed by atoms with E-state index in [0.29, 0.717) is 31.3 Å². The van der Waals surface area contributed by atoms with Gasteiger partial charge in [0.25, 0.3) is 5.69 Å². The number of benzene rings is 1. The molecule has 112 valence electrons. The number of hydrogen-bond donors (Lipinski definition) is 0. The summed E-state index contributed by atoms with van der Waals surface area (Å²) < 4.78 is 16.2. The first-order valence-electron chi connectivity index (χ1n) is 6.38. The fourth-order valence-electron chi connectivity index (χ4n) is 1.57. The maximum Gasteiger partial charge on any atom is 0.273 e. The lowest BCUT2D eigenvalue weighted by atomic mass is 10.3. The van der Waals surface area contributed by atoms with Crippen LogP contribution >= 0.6 is 11.6 Å². The Morgan fingerprint density at radius 2 is 1.95 bits per heavy atom. The molecule has 0 bridgehead atoms. The van der Waals surface area contributed by atoms with Crippen molar-refractivity contribution >= 4 is 17.3 Å². The van der Waals surface area contributed by atoms with Crippen LogP contribution in [0.25, 0.3) is 0 Å². The molecule has 0 N–H and O–H groups in total. The van der Waals surface area contributed by atoms with Gasteiger partial charge in [0.1, 0.15) is 5.75 Å². The Morgan fingerprint density at radius 3 is 2.50 bits per heavy atom. The summed E-state index contributed by atoms with van der Waals surface area (Å²) in [5, 5.41) is 11.0. The standard InChI is InChI=1S/C13H18ClNO5/c1-3-18-13(19-4-2)7-8-20-12-9-10(15(16)17)5-6-11(12)14/h5-6,9,13H,3-4,7-8H2,1-2H3. The van der Waals surface area contributed by atoms with E-state index in [4.69, 9.17) is 25.8 Å². The highest BCUT2D eigenvalue weighted by atomic mass is 35.5. The number of non-ortho nitro benzene ring substituents is 1. The van der Waals surface area contributed by atoms with E-state index in [1.807, 2.05) is 13.8 Å². The lowest BCUT2D eigenvalue weighted by Gasteiger charge is -2.17. The van der Waals surface area contributed by atoms with Crippen LogP contribution < -0.4 is 4.74 Å². The predicted molar refractivity (Wildman–Crippen MR) is 75.3 cm³/mol. The molecule has 1 aromatic carbocycles. The molecule has 1 aromatic rings. The van der Waals surface area contributed by atoms with Crippen LogP contribution in [0.4, 0.5) is 5.69 Å². The summed E-state index contributed by atoms with van der Waals surface area (Å²) in [5.41, 5.74) is -0.0597. The third-order valence-corrected chi connectivity index (χ3v) is 2.75. The van der Waals surface area contributed by atoms with Gasteiger partial charge in [-0.1, -0.05) is 11.6 Å². The lowest BCUT2D eigenvalue weighted by Crippen LogP contribution is -2.20. The second-order valence-electron chi connectivity index (χ2n) is 3.85. The minimum Gasteiger partial charge on any atom is -0.492 e. The number of nitro groups is 1. The van der Waals surface area contributed by atoms with Crippen LogP contribution in [0.5, 0.6) is 5.75 Å². The van der Waals surface area contributed by atoms with Crippen LogP contribution in [0.15, 0.2) is 18.2 Å². The normalized spacial score (nSPS) is 10.8. The minimum atomic E-state index is -0.494. The Hall–Kier alpha value is -1.37. The number of halogens is 1. The number of rotatable bonds is 9. The minimum absolute atomic E-state index is 0.0597. The van der Waals surface area contributed by atoms with Gasteiger partial charge < -0.3 is 14.2 Å². The predicted octanol–water partition coefficient (Wildman–Crippen LogP) is 3.42. The molecule has 6 nitrogen and oxygen atoms in total. The zero-order chi connectivity index (χ0) is 15.0. The molecule has 0 aliphatic rings. The quantitative estimate of drug-likeness (QED) is 0.397. The molecular weight excluding hydrogens is 286 g/mol. The summed E-state index contributed by atoms with van der Waals surface area (Å²) >= 11 is 5.93. The van der Waals surface area contributed by atoms with E-state index in [0.717, 1.165) is 0 Å². The van der Waals surface area contributed by atoms with Crippen molar-refractivity contribution in [3.05, 3.63) is 33.3 Å². The van der Waals surface area contributed by atoms with Gasteiger partial charge in [0.2, 0.25) is 0 Å². The maximum absolute atomic E-state index is 10.7. The van der Waals surface area contributed by atoms with E-state index >= 15 is 0 Å². The largest absolute Gasteiger partial charge is 0.492 e. The molecule has 0 spiro atoms. The molecule has 0 unspecified atom stereocenters. The van der Waals surface area contributed by atoms with E-state index in [1.165, 1.54) is 18.2 Å². The Morgan fingerprint density at radius 1 is 1.30 bits per heavy atom. The van der Waals surface area contributed by atoms with Gasteiger partial charge in [0.15, 0.2) is 6.29 Å². The molecule has 20 heavy (non-hydrogen) atoms. The van der Waals surface area contributed by atoms with Gasteiger partial charge in [-0.25, -0.2) is 0 Å². The SMILES string of the molecule is CCOC(CCOc1cc([N+](=O)[O-])ccc1Cl)OCC. The van der Waals surface area contributed by atoms with Gasteiger partial charge in [-0.2, -0.15) is 0 Å². The van der Waals surface area contributed by atoms with E-state index in [2.05, 4.69) is 0 Å². The van der Waals surface area contributed by atoms with Gasteiger partial charge >= 0.3 is 0 Å². The van der Waals surface area contributed by atoms with Crippen LogP contribution in [0, 0.1) is 10.1 Å². The number of hydrogen-bond acceptors (Lipinski definition) is 5. The summed E-state index contributed by atoms with van der Waals surface area (Å²) in [6.07, 6.45) is 0.170. The summed E-state index contributed by atoms with van der Waals surface area (Å²) in [6, 6.07) is 4.08. The fraction of sp³-hybridized carbons (Fsp3) is 0.538. The van der Waals surface area contributed by atoms with E-state index in [1.54, 1.807) is 0 Å². The molecule has 0 aliphatic carbocycles. The highest BCUT2D eigenvalue weighted by Crippen LogP contribution is 2.29. The van der Waals surface area contributed by atoms with Crippen molar-refractivity contribution in [1.29, 1.82) is 0 Å². The molecule has 1 rings (SSSR count). The van der Waals surface area contributed by atoms with Crippen LogP contribution in [-0.2, 0) is 9.47 Å². The van der Waals surface area contributed by atoms with Crippen LogP contribution in [0.3, 0.4) is 0 Å². The number of nitrogens with zero attached hydrogens (tertiary/aromatic N) is 1. The first kappa shape index (κ1) is 16.7. The zero-order valence-electron chi connectivity index (χ0n) is 11.5. The van der Waals surface area contributed by atoms with Crippen molar-refractivity contribution in [3.63, 3.8) is 0 Å². The summed E-state index contributed by atoms with van der Waals surface area (Å²) in [6.45, 7) is 5.14. The average molecular weight is 304 g/mol. The third kappa shape index (κ3) is 5.32. The fourth-order valence-corrected chi connectivity index (χ4v) is 1.74. The van der Waals surface area contributed by atoms with Crippen molar-refractivity contribution in [3.8, 4) is 5.75 Å². The number of ether oxygens (including phenoxy) is 3. The van der Waals surface area contributed by atoms with Crippen molar-refractivity contribution in [2.75, 3.05) is 19.8 Å². The summed E-state index contributed by atoms with van der Waals surface area (Å²) in [5.74, 6) is 0.285. The van der Waals surface area contributed by atoms with Gasteiger partial charge in [0.05, 0.1) is 22.6 Å². The first-order valence-corrected chi connectivity index (χ1v) is 6.76. The molecule has 0 heterocycles. The maximum atomic E-state index is 10.7. The Bertz CT molecular complexity index is 435. The van der Waals surface area contributed by atoms with Gasteiger partial charge in [-0.3, -0.25) is 10.1 Å². The topological polar surface area (TPSA) is 70.8 Å². The molecule has 0 aliphatic heterocycles. The highest BCUT2D eigenvalue weighted by molar-refractivity contribution is 6.32. The van der Waals surface area contributed by atoms with E-state index in [9.17, 15) is 10.1 Å². The van der Waals surface area contributed by atoms with Crippen LogP contribution in [-0.4, -0.2) is 31.0 Å². The van der Waals surface area contributed by atoms with Crippen molar-refractivity contribution < 1.29 is 19.1 Å². The molecular formula is C13H18ClNO5. The van der Waals surface area contributed by atoms with E-state index < -0.39 is 4.92 Å². The van der Waals surface area contributed by atoms with Crippen LogP contribution in [0.1, 0.15) is 20.3 Å². The second-order valence-corrected chi connectivity index (χ2v) is 4.26. The first-order chi connectivity index (χ1) is 9.58. The van der Waals surface area contributed by atoms with Gasteiger partial charge in [-0.15, -0.1) is 0 Å². The molecule has 0 aromatic heterocycles. The van der Waals surface area contributed by atoms with Crippen molar-refractivity contribution in [2.24, 2.45) is 0 Å². The molecule has 0 atom stereocenters. The molecule has 7 heteroatoms. The van der Waals surface area contributed by atoms with E-state index in [-0.39, 0.29) is 17.7 Å². The molecule has 0 amide bonds. The van der Waals surface area contributed by atoms with Crippen molar-refractivity contribution in [2.45, 2.75) is 26.6 Å². The Kier molecular flexibility index (Phi) is 7.28. The Balaban J connectivity index is 2.56. The highest BCUT2D eigenvalue weighted by Gasteiger charge is 2.12. The summed E-state index contributed by atoms with van der Waals surface area (Å²) in [7, 11) is 0. The molecule has 0 saturated carbocycles. The smallest absolute Gasteiger partial charge is 0.273 e.